The SMILES string of the molecule is C1CCOC1.C=C.CC(C=O)c1ccccc1.CCOC(=O)/C(C)=C/C(C)c1ccccc1.I. The molecule has 1 heterocycles. The quantitative estimate of drug-likeness (QED) is 0.117. The Hall–Kier alpha value is -2.25. The Kier molecular flexibility index (Phi) is 22.5. The summed E-state index contributed by atoms with van der Waals surface area (Å²) in [7, 11) is 0. The van der Waals surface area contributed by atoms with E-state index in [-0.39, 0.29) is 41.8 Å². The molecule has 1 saturated heterocycles. The highest BCUT2D eigenvalue weighted by Gasteiger charge is 2.08. The first-order chi connectivity index (χ1) is 16.0. The van der Waals surface area contributed by atoms with E-state index in [0.717, 1.165) is 25.1 Å². The highest BCUT2D eigenvalue weighted by atomic mass is 127. The van der Waals surface area contributed by atoms with Crippen molar-refractivity contribution in [2.75, 3.05) is 19.8 Å². The third-order valence-electron chi connectivity index (χ3n) is 4.78. The normalized spacial score (nSPS) is 13.6. The van der Waals surface area contributed by atoms with Gasteiger partial charge < -0.3 is 14.3 Å². The molecule has 0 N–H and O–H groups in total. The molecule has 34 heavy (non-hydrogen) atoms. The molecule has 0 radical (unpaired) electrons. The van der Waals surface area contributed by atoms with Gasteiger partial charge in [0.15, 0.2) is 0 Å². The van der Waals surface area contributed by atoms with Gasteiger partial charge in [-0.3, -0.25) is 0 Å². The van der Waals surface area contributed by atoms with Crippen molar-refractivity contribution in [2.45, 2.75) is 52.4 Å². The first-order valence-corrected chi connectivity index (χ1v) is 11.5. The van der Waals surface area contributed by atoms with Crippen LogP contribution in [0.4, 0.5) is 0 Å². The number of carbonyl (C=O) groups excluding carboxylic acids is 2. The molecule has 188 valence electrons. The standard InChI is InChI=1S/C14H18O2.C9H10O.C4H8O.C2H4.HI/c1-4-16-14(15)12(3)10-11(2)13-8-6-5-7-9-13;1-8(7-10)9-5-3-2-4-6-9;1-2-4-5-3-1;1-2;/h5-11H,4H2,1-3H3;2-8H,1H3;1-4H2;1-2H2;1H/b12-10+;;;;. The van der Waals surface area contributed by atoms with Crippen molar-refractivity contribution < 1.29 is 19.1 Å². The van der Waals surface area contributed by atoms with Gasteiger partial charge in [0, 0.05) is 24.7 Å². The van der Waals surface area contributed by atoms with Crippen LogP contribution in [-0.4, -0.2) is 32.1 Å². The summed E-state index contributed by atoms with van der Waals surface area (Å²) >= 11 is 0. The lowest BCUT2D eigenvalue weighted by atomic mass is 9.99. The Bertz CT molecular complexity index is 779. The molecule has 4 nitrogen and oxygen atoms in total. The minimum atomic E-state index is -0.231. The van der Waals surface area contributed by atoms with E-state index in [9.17, 15) is 9.59 Å². The maximum absolute atomic E-state index is 11.4. The summed E-state index contributed by atoms with van der Waals surface area (Å²) in [6.07, 6.45) is 5.45. The number of esters is 1. The molecule has 1 fully saturated rings. The van der Waals surface area contributed by atoms with E-state index >= 15 is 0 Å². The van der Waals surface area contributed by atoms with Gasteiger partial charge in [-0.15, -0.1) is 37.1 Å². The van der Waals surface area contributed by atoms with Crippen molar-refractivity contribution in [2.24, 2.45) is 0 Å². The van der Waals surface area contributed by atoms with Crippen LogP contribution in [0.1, 0.15) is 63.5 Å². The lowest BCUT2D eigenvalue weighted by molar-refractivity contribution is -0.138. The number of rotatable bonds is 6. The fourth-order valence-electron chi connectivity index (χ4n) is 2.89. The van der Waals surface area contributed by atoms with Gasteiger partial charge in [0.2, 0.25) is 0 Å². The van der Waals surface area contributed by atoms with Crippen LogP contribution in [0.25, 0.3) is 0 Å². The van der Waals surface area contributed by atoms with Gasteiger partial charge in [-0.05, 0) is 43.7 Å². The number of halogens is 1. The van der Waals surface area contributed by atoms with Crippen LogP contribution >= 0.6 is 24.0 Å². The van der Waals surface area contributed by atoms with Crippen molar-refractivity contribution in [3.05, 3.63) is 96.6 Å². The third kappa shape index (κ3) is 15.6. The zero-order chi connectivity index (χ0) is 24.9. The minimum absolute atomic E-state index is 0. The average molecular weight is 581 g/mol. The van der Waals surface area contributed by atoms with E-state index in [1.165, 1.54) is 18.4 Å². The summed E-state index contributed by atoms with van der Waals surface area (Å²) in [5.74, 6) is 0.0251. The summed E-state index contributed by atoms with van der Waals surface area (Å²) in [5, 5.41) is 0. The fraction of sp³-hybridized carbons (Fsp3) is 0.379. The largest absolute Gasteiger partial charge is 0.463 e. The number of allylic oxidation sites excluding steroid dienone is 1. The zero-order valence-corrected chi connectivity index (χ0v) is 23.4. The Morgan fingerprint density at radius 2 is 1.38 bits per heavy atom. The van der Waals surface area contributed by atoms with Crippen LogP contribution in [0.5, 0.6) is 0 Å². The first kappa shape index (κ1) is 33.9. The highest BCUT2D eigenvalue weighted by molar-refractivity contribution is 14.0. The van der Waals surface area contributed by atoms with Gasteiger partial charge in [-0.1, -0.05) is 80.6 Å². The molecule has 0 saturated carbocycles. The lowest BCUT2D eigenvalue weighted by Gasteiger charge is -2.08. The van der Waals surface area contributed by atoms with E-state index in [0.29, 0.717) is 12.2 Å². The van der Waals surface area contributed by atoms with Crippen molar-refractivity contribution >= 4 is 36.2 Å². The molecule has 0 spiro atoms. The maximum Gasteiger partial charge on any atom is 0.333 e. The molecule has 1 aliphatic rings. The summed E-state index contributed by atoms with van der Waals surface area (Å²) < 4.78 is 9.88. The fourth-order valence-corrected chi connectivity index (χ4v) is 2.89. The second-order valence-corrected chi connectivity index (χ2v) is 7.42. The number of benzene rings is 2. The van der Waals surface area contributed by atoms with E-state index in [1.54, 1.807) is 6.92 Å². The van der Waals surface area contributed by atoms with Crippen molar-refractivity contribution in [1.29, 1.82) is 0 Å². The monoisotopic (exact) mass is 580 g/mol. The van der Waals surface area contributed by atoms with Crippen LogP contribution in [-0.2, 0) is 19.1 Å². The summed E-state index contributed by atoms with van der Waals surface area (Å²) in [4.78, 5) is 21.7. The van der Waals surface area contributed by atoms with Crippen LogP contribution in [0.3, 0.4) is 0 Å². The summed E-state index contributed by atoms with van der Waals surface area (Å²) in [5.41, 5.74) is 2.95. The van der Waals surface area contributed by atoms with Crippen LogP contribution in [0.15, 0.2) is 85.5 Å². The smallest absolute Gasteiger partial charge is 0.333 e. The second-order valence-electron chi connectivity index (χ2n) is 7.42. The molecule has 3 rings (SSSR count). The van der Waals surface area contributed by atoms with Gasteiger partial charge in [0.05, 0.1) is 6.61 Å². The van der Waals surface area contributed by atoms with Crippen LogP contribution in [0, 0.1) is 0 Å². The molecular formula is C29H41IO4. The molecule has 2 aromatic carbocycles. The molecule has 2 atom stereocenters. The van der Waals surface area contributed by atoms with Crippen LogP contribution in [0.2, 0.25) is 0 Å². The lowest BCUT2D eigenvalue weighted by Crippen LogP contribution is -2.06. The maximum atomic E-state index is 11.4. The Balaban J connectivity index is 0. The Morgan fingerprint density at radius 3 is 1.74 bits per heavy atom. The van der Waals surface area contributed by atoms with Gasteiger partial charge >= 0.3 is 5.97 Å². The number of hydrogen-bond acceptors (Lipinski definition) is 4. The predicted octanol–water partition coefficient (Wildman–Crippen LogP) is 7.51. The van der Waals surface area contributed by atoms with E-state index in [4.69, 9.17) is 9.47 Å². The Morgan fingerprint density at radius 1 is 0.941 bits per heavy atom. The van der Waals surface area contributed by atoms with E-state index < -0.39 is 0 Å². The first-order valence-electron chi connectivity index (χ1n) is 11.5. The average Bonchev–Trinajstić information content (AvgIpc) is 3.47. The number of hydrogen-bond donors (Lipinski definition) is 0. The molecule has 2 unspecified atom stereocenters. The van der Waals surface area contributed by atoms with Gasteiger partial charge in [0.1, 0.15) is 6.29 Å². The third-order valence-corrected chi connectivity index (χ3v) is 4.78. The Labute approximate surface area is 223 Å². The number of carbonyl (C=O) groups is 2. The topological polar surface area (TPSA) is 52.6 Å². The molecule has 2 aromatic rings. The summed E-state index contributed by atoms with van der Waals surface area (Å²) in [6.45, 7) is 16.0. The molecule has 0 amide bonds. The van der Waals surface area contributed by atoms with Crippen molar-refractivity contribution in [1.82, 2.24) is 0 Å². The molecule has 0 aromatic heterocycles. The molecule has 0 aliphatic carbocycles. The minimum Gasteiger partial charge on any atom is -0.463 e. The van der Waals surface area contributed by atoms with Gasteiger partial charge in [-0.2, -0.15) is 0 Å². The molecular weight excluding hydrogens is 539 g/mol. The predicted molar refractivity (Wildman–Crippen MR) is 153 cm³/mol. The zero-order valence-electron chi connectivity index (χ0n) is 21.1. The van der Waals surface area contributed by atoms with Gasteiger partial charge in [0.25, 0.3) is 0 Å². The summed E-state index contributed by atoms with van der Waals surface area (Å²) in [6, 6.07) is 19.8. The van der Waals surface area contributed by atoms with Gasteiger partial charge in [-0.25, -0.2) is 4.79 Å². The number of ether oxygens (including phenoxy) is 2. The van der Waals surface area contributed by atoms with Crippen LogP contribution < -0.4 is 0 Å². The molecule has 1 aliphatic heterocycles. The van der Waals surface area contributed by atoms with E-state index in [2.05, 4.69) is 32.2 Å². The number of aldehydes is 1. The van der Waals surface area contributed by atoms with Crippen molar-refractivity contribution in [3.63, 3.8) is 0 Å². The second kappa shape index (κ2) is 22.5. The molecule has 0 bridgehead atoms. The van der Waals surface area contributed by atoms with E-state index in [1.807, 2.05) is 68.5 Å². The highest BCUT2D eigenvalue weighted by Crippen LogP contribution is 2.18. The van der Waals surface area contributed by atoms with Crippen molar-refractivity contribution in [3.8, 4) is 0 Å². The molecule has 5 heteroatoms.